The van der Waals surface area contributed by atoms with Gasteiger partial charge in [0.15, 0.2) is 11.5 Å². The van der Waals surface area contributed by atoms with Crippen molar-refractivity contribution in [1.82, 2.24) is 9.78 Å². The summed E-state index contributed by atoms with van der Waals surface area (Å²) >= 11 is 0. The molecule has 0 aliphatic heterocycles. The topological polar surface area (TPSA) is 109 Å². The number of aromatic nitrogens is 2. The molecule has 0 unspecified atom stereocenters. The van der Waals surface area contributed by atoms with Crippen LogP contribution >= 0.6 is 0 Å². The minimum Gasteiger partial charge on any atom is -0.493 e. The van der Waals surface area contributed by atoms with Crippen LogP contribution < -0.4 is 14.8 Å². The second kappa shape index (κ2) is 8.21. The van der Waals surface area contributed by atoms with Crippen LogP contribution in [0.15, 0.2) is 54.7 Å². The molecule has 144 valence electrons. The van der Waals surface area contributed by atoms with Crippen molar-refractivity contribution in [3.05, 3.63) is 70.5 Å². The van der Waals surface area contributed by atoms with Crippen molar-refractivity contribution in [3.8, 4) is 17.2 Å². The van der Waals surface area contributed by atoms with Gasteiger partial charge in [-0.2, -0.15) is 5.10 Å². The fourth-order valence-corrected chi connectivity index (χ4v) is 2.55. The van der Waals surface area contributed by atoms with Crippen LogP contribution in [0.25, 0.3) is 0 Å². The molecule has 0 aliphatic carbocycles. The number of ether oxygens (including phenoxy) is 2. The summed E-state index contributed by atoms with van der Waals surface area (Å²) in [6.45, 7) is 1.82. The molecule has 0 saturated carbocycles. The highest BCUT2D eigenvalue weighted by molar-refractivity contribution is 5.91. The number of methoxy groups -OCH3 is 1. The number of para-hydroxylation sites is 2. The maximum Gasteiger partial charge on any atom is 0.275 e. The Labute approximate surface area is 160 Å². The van der Waals surface area contributed by atoms with Crippen molar-refractivity contribution in [2.75, 3.05) is 12.4 Å². The average Bonchev–Trinajstić information content (AvgIpc) is 3.06. The molecule has 0 spiro atoms. The van der Waals surface area contributed by atoms with E-state index in [1.807, 2.05) is 6.92 Å². The Morgan fingerprint density at radius 3 is 2.61 bits per heavy atom. The number of carbonyl (C=O) groups is 1. The highest BCUT2D eigenvalue weighted by atomic mass is 16.6. The van der Waals surface area contributed by atoms with E-state index in [2.05, 4.69) is 10.4 Å². The number of nitrogens with zero attached hydrogens (tertiary/aromatic N) is 3. The number of amides is 1. The van der Waals surface area contributed by atoms with Gasteiger partial charge < -0.3 is 14.8 Å². The van der Waals surface area contributed by atoms with Gasteiger partial charge in [0, 0.05) is 24.0 Å². The molecule has 1 heterocycles. The van der Waals surface area contributed by atoms with Gasteiger partial charge in [-0.15, -0.1) is 0 Å². The Kier molecular flexibility index (Phi) is 5.54. The maximum absolute atomic E-state index is 12.3. The van der Waals surface area contributed by atoms with E-state index < -0.39 is 4.92 Å². The second-order valence-corrected chi connectivity index (χ2v) is 5.90. The predicted octanol–water partition coefficient (Wildman–Crippen LogP) is 3.54. The largest absolute Gasteiger partial charge is 0.493 e. The van der Waals surface area contributed by atoms with Gasteiger partial charge >= 0.3 is 0 Å². The molecule has 3 rings (SSSR count). The number of rotatable bonds is 7. The molecule has 0 radical (unpaired) electrons. The first kappa shape index (κ1) is 18.9. The van der Waals surface area contributed by atoms with E-state index in [4.69, 9.17) is 9.47 Å². The molecule has 2 aromatic carbocycles. The van der Waals surface area contributed by atoms with Gasteiger partial charge in [0.1, 0.15) is 12.3 Å². The average molecular weight is 382 g/mol. The number of nitro groups is 1. The number of non-ortho nitro benzene ring substituents is 1. The molecule has 0 bridgehead atoms. The van der Waals surface area contributed by atoms with Gasteiger partial charge in [0.25, 0.3) is 5.69 Å². The molecule has 1 N–H and O–H groups in total. The molecule has 0 aliphatic rings. The van der Waals surface area contributed by atoms with E-state index in [1.54, 1.807) is 36.5 Å². The Morgan fingerprint density at radius 1 is 1.21 bits per heavy atom. The number of benzene rings is 2. The third-order valence-corrected chi connectivity index (χ3v) is 3.91. The molecule has 0 fully saturated rings. The zero-order valence-electron chi connectivity index (χ0n) is 15.3. The lowest BCUT2D eigenvalue weighted by Gasteiger charge is -2.12. The fraction of sp³-hybridized carbons (Fsp3) is 0.158. The first-order chi connectivity index (χ1) is 13.5. The zero-order valence-corrected chi connectivity index (χ0v) is 15.3. The van der Waals surface area contributed by atoms with Gasteiger partial charge in [0.2, 0.25) is 5.91 Å². The van der Waals surface area contributed by atoms with Crippen molar-refractivity contribution in [2.24, 2.45) is 0 Å². The minimum absolute atomic E-state index is 0.00970. The molecular weight excluding hydrogens is 364 g/mol. The number of nitro benzene ring substituents is 1. The Bertz CT molecular complexity index is 1020. The monoisotopic (exact) mass is 382 g/mol. The van der Waals surface area contributed by atoms with Gasteiger partial charge in [-0.05, 0) is 25.1 Å². The Balaban J connectivity index is 1.84. The lowest BCUT2D eigenvalue weighted by molar-refractivity contribution is -0.384. The number of aryl methyl sites for hydroxylation is 1. The van der Waals surface area contributed by atoms with Crippen LogP contribution in [-0.4, -0.2) is 27.7 Å². The summed E-state index contributed by atoms with van der Waals surface area (Å²) in [7, 11) is 1.50. The minimum atomic E-state index is -0.553. The number of nitrogens with one attached hydrogen (secondary N) is 1. The molecule has 9 heteroatoms. The van der Waals surface area contributed by atoms with Crippen LogP contribution in [-0.2, 0) is 11.3 Å². The highest BCUT2D eigenvalue weighted by Crippen LogP contribution is 2.34. The first-order valence-electron chi connectivity index (χ1n) is 8.35. The third-order valence-electron chi connectivity index (χ3n) is 3.91. The molecular formula is C19H18N4O5. The summed E-state index contributed by atoms with van der Waals surface area (Å²) in [5.41, 5.74) is 0.862. The molecule has 1 amide bonds. The van der Waals surface area contributed by atoms with Gasteiger partial charge in [-0.25, -0.2) is 0 Å². The van der Waals surface area contributed by atoms with Crippen LogP contribution in [0.5, 0.6) is 17.2 Å². The summed E-state index contributed by atoms with van der Waals surface area (Å²) in [5.74, 6) is 0.712. The first-order valence-corrected chi connectivity index (χ1v) is 8.35. The zero-order chi connectivity index (χ0) is 20.1. The van der Waals surface area contributed by atoms with Crippen LogP contribution in [0.2, 0.25) is 0 Å². The maximum atomic E-state index is 12.3. The quantitative estimate of drug-likeness (QED) is 0.494. The molecule has 0 atom stereocenters. The van der Waals surface area contributed by atoms with Crippen molar-refractivity contribution < 1.29 is 19.2 Å². The van der Waals surface area contributed by atoms with E-state index in [0.717, 1.165) is 5.69 Å². The van der Waals surface area contributed by atoms with Crippen molar-refractivity contribution in [2.45, 2.75) is 13.5 Å². The van der Waals surface area contributed by atoms with E-state index in [9.17, 15) is 14.9 Å². The predicted molar refractivity (Wildman–Crippen MR) is 102 cm³/mol. The summed E-state index contributed by atoms with van der Waals surface area (Å²) < 4.78 is 12.5. The number of anilines is 1. The lowest BCUT2D eigenvalue weighted by atomic mass is 10.2. The number of hydrogen-bond donors (Lipinski definition) is 1. The van der Waals surface area contributed by atoms with E-state index in [0.29, 0.717) is 11.5 Å². The molecule has 3 aromatic rings. The number of hydrogen-bond acceptors (Lipinski definition) is 6. The van der Waals surface area contributed by atoms with Crippen molar-refractivity contribution in [1.29, 1.82) is 0 Å². The smallest absolute Gasteiger partial charge is 0.275 e. The van der Waals surface area contributed by atoms with Crippen LogP contribution in [0, 0.1) is 17.0 Å². The summed E-state index contributed by atoms with van der Waals surface area (Å²) in [5, 5.41) is 18.0. The second-order valence-electron chi connectivity index (χ2n) is 5.90. The Morgan fingerprint density at radius 2 is 1.96 bits per heavy atom. The Hall–Kier alpha value is -3.88. The van der Waals surface area contributed by atoms with Gasteiger partial charge in [-0.1, -0.05) is 12.1 Å². The van der Waals surface area contributed by atoms with E-state index in [1.165, 1.54) is 30.0 Å². The molecule has 9 nitrogen and oxygen atoms in total. The van der Waals surface area contributed by atoms with E-state index in [-0.39, 0.29) is 29.6 Å². The van der Waals surface area contributed by atoms with Crippen LogP contribution in [0.4, 0.5) is 11.4 Å². The molecule has 28 heavy (non-hydrogen) atoms. The SMILES string of the molecule is COc1ccccc1Oc1cc(NC(=O)Cn2nccc2C)cc([N+](=O)[O-])c1. The summed E-state index contributed by atoms with van der Waals surface area (Å²) in [4.78, 5) is 23.0. The van der Waals surface area contributed by atoms with Crippen LogP contribution in [0.3, 0.4) is 0 Å². The van der Waals surface area contributed by atoms with Gasteiger partial charge in [-0.3, -0.25) is 19.6 Å². The fourth-order valence-electron chi connectivity index (χ4n) is 2.55. The van der Waals surface area contributed by atoms with Crippen molar-refractivity contribution in [3.63, 3.8) is 0 Å². The summed E-state index contributed by atoms with van der Waals surface area (Å²) in [6, 6.07) is 12.8. The van der Waals surface area contributed by atoms with Crippen molar-refractivity contribution >= 4 is 17.3 Å². The highest BCUT2D eigenvalue weighted by Gasteiger charge is 2.15. The lowest BCUT2D eigenvalue weighted by Crippen LogP contribution is -2.20. The number of carbonyl (C=O) groups excluding carboxylic acids is 1. The third kappa shape index (κ3) is 4.44. The van der Waals surface area contributed by atoms with Gasteiger partial charge in [0.05, 0.1) is 23.8 Å². The molecule has 1 aromatic heterocycles. The summed E-state index contributed by atoms with van der Waals surface area (Å²) in [6.07, 6.45) is 1.59. The van der Waals surface area contributed by atoms with E-state index >= 15 is 0 Å². The molecule has 0 saturated heterocycles. The van der Waals surface area contributed by atoms with Crippen LogP contribution in [0.1, 0.15) is 5.69 Å². The standard InChI is InChI=1S/C19H18N4O5/c1-13-7-8-20-22(13)12-19(24)21-14-9-15(23(25)26)11-16(10-14)28-18-6-4-3-5-17(18)27-2/h3-11H,12H2,1-2H3,(H,21,24). The normalized spacial score (nSPS) is 10.4.